The number of nitrogens with zero attached hydrogens (tertiary/aromatic N) is 3. The summed E-state index contributed by atoms with van der Waals surface area (Å²) in [5.41, 5.74) is 2.15. The summed E-state index contributed by atoms with van der Waals surface area (Å²) >= 11 is 9.72. The highest BCUT2D eigenvalue weighted by Crippen LogP contribution is 2.36. The molecule has 4 nitrogen and oxygen atoms in total. The summed E-state index contributed by atoms with van der Waals surface area (Å²) in [5, 5.41) is 7.78. The summed E-state index contributed by atoms with van der Waals surface area (Å²) in [4.78, 5) is 4.21. The van der Waals surface area contributed by atoms with Crippen molar-refractivity contribution in [2.45, 2.75) is 6.04 Å². The lowest BCUT2D eigenvalue weighted by atomic mass is 10.0. The van der Waals surface area contributed by atoms with Crippen LogP contribution in [0.25, 0.3) is 5.70 Å². The molecular weight excluding hydrogens is 395 g/mol. The van der Waals surface area contributed by atoms with E-state index in [2.05, 4.69) is 31.3 Å². The van der Waals surface area contributed by atoms with Gasteiger partial charge in [-0.1, -0.05) is 45.7 Å². The Hall–Kier alpha value is -2.18. The Kier molecular flexibility index (Phi) is 3.86. The van der Waals surface area contributed by atoms with E-state index in [0.29, 0.717) is 16.5 Å². The number of hydrogen-bond donors (Lipinski definition) is 1. The molecule has 0 radical (unpaired) electrons. The third-order valence-corrected chi connectivity index (χ3v) is 4.66. The van der Waals surface area contributed by atoms with Gasteiger partial charge >= 0.3 is 0 Å². The fourth-order valence-corrected chi connectivity index (χ4v) is 3.43. The van der Waals surface area contributed by atoms with Crippen molar-refractivity contribution < 1.29 is 4.39 Å². The van der Waals surface area contributed by atoms with Crippen LogP contribution in [0.5, 0.6) is 0 Å². The number of rotatable bonds is 2. The summed E-state index contributed by atoms with van der Waals surface area (Å²) in [6.07, 6.45) is 3.33. The van der Waals surface area contributed by atoms with Gasteiger partial charge in [0.15, 0.2) is 0 Å². The molecule has 0 saturated carbocycles. The molecule has 0 saturated heterocycles. The zero-order valence-corrected chi connectivity index (χ0v) is 14.6. The number of nitrogens with one attached hydrogen (secondary N) is 1. The number of anilines is 1. The zero-order valence-electron chi connectivity index (χ0n) is 12.2. The van der Waals surface area contributed by atoms with Crippen molar-refractivity contribution in [1.82, 2.24) is 14.8 Å². The second-order valence-electron chi connectivity index (χ2n) is 5.32. The first-order chi connectivity index (χ1) is 11.6. The van der Waals surface area contributed by atoms with Crippen molar-refractivity contribution in [1.29, 1.82) is 0 Å². The van der Waals surface area contributed by atoms with Gasteiger partial charge in [-0.05, 0) is 35.9 Å². The summed E-state index contributed by atoms with van der Waals surface area (Å²) in [5.74, 6) is 0.164. The Morgan fingerprint density at radius 2 is 2.04 bits per heavy atom. The van der Waals surface area contributed by atoms with E-state index in [4.69, 9.17) is 11.6 Å². The maximum atomic E-state index is 14.4. The van der Waals surface area contributed by atoms with E-state index < -0.39 is 6.04 Å². The fraction of sp³-hybridized carbons (Fsp3) is 0.0588. The van der Waals surface area contributed by atoms with Gasteiger partial charge in [0.1, 0.15) is 18.2 Å². The van der Waals surface area contributed by atoms with Crippen molar-refractivity contribution in [2.24, 2.45) is 0 Å². The minimum absolute atomic E-state index is 0.355. The van der Waals surface area contributed by atoms with Gasteiger partial charge in [-0.2, -0.15) is 10.1 Å². The lowest BCUT2D eigenvalue weighted by molar-refractivity contribution is 0.551. The van der Waals surface area contributed by atoms with Gasteiger partial charge in [-0.3, -0.25) is 0 Å². The minimum atomic E-state index is -0.480. The molecule has 24 heavy (non-hydrogen) atoms. The third kappa shape index (κ3) is 2.61. The molecule has 0 unspecified atom stereocenters. The molecule has 3 aromatic rings. The first kappa shape index (κ1) is 15.4. The Balaban J connectivity index is 1.89. The predicted octanol–water partition coefficient (Wildman–Crippen LogP) is 4.89. The molecule has 0 bridgehead atoms. The molecule has 2 heterocycles. The quantitative estimate of drug-likeness (QED) is 0.660. The lowest BCUT2D eigenvalue weighted by Gasteiger charge is -2.25. The molecule has 2 aromatic carbocycles. The molecule has 1 atom stereocenters. The minimum Gasteiger partial charge on any atom is -0.324 e. The van der Waals surface area contributed by atoms with Crippen molar-refractivity contribution in [3.63, 3.8) is 0 Å². The van der Waals surface area contributed by atoms with Crippen LogP contribution in [0.15, 0.2) is 59.3 Å². The van der Waals surface area contributed by atoms with Gasteiger partial charge in [0.2, 0.25) is 5.95 Å². The van der Waals surface area contributed by atoms with E-state index in [0.717, 1.165) is 15.7 Å². The Bertz CT molecular complexity index is 933. The van der Waals surface area contributed by atoms with Gasteiger partial charge in [-0.25, -0.2) is 9.07 Å². The van der Waals surface area contributed by atoms with Crippen LogP contribution < -0.4 is 5.32 Å². The molecule has 4 rings (SSSR count). The first-order valence-electron chi connectivity index (χ1n) is 7.21. The molecule has 120 valence electrons. The number of allylic oxidation sites excluding steroid dienone is 1. The van der Waals surface area contributed by atoms with E-state index in [9.17, 15) is 4.39 Å². The SMILES string of the molecule is Fc1cccc(Cl)c1[C@@H]1C=C(c2cccc(Br)c2)Nc2ncnn21. The average Bonchev–Trinajstić information content (AvgIpc) is 3.03. The highest BCUT2D eigenvalue weighted by Gasteiger charge is 2.27. The normalized spacial score (nSPS) is 16.3. The number of aromatic nitrogens is 3. The summed E-state index contributed by atoms with van der Waals surface area (Å²) in [7, 11) is 0. The number of benzene rings is 2. The van der Waals surface area contributed by atoms with Crippen LogP contribution >= 0.6 is 27.5 Å². The summed E-state index contributed by atoms with van der Waals surface area (Å²) < 4.78 is 17.0. The molecule has 1 N–H and O–H groups in total. The smallest absolute Gasteiger partial charge is 0.226 e. The van der Waals surface area contributed by atoms with Gasteiger partial charge in [0, 0.05) is 20.8 Å². The highest BCUT2D eigenvalue weighted by molar-refractivity contribution is 9.10. The van der Waals surface area contributed by atoms with Gasteiger partial charge in [-0.15, -0.1) is 0 Å². The van der Waals surface area contributed by atoms with Gasteiger partial charge < -0.3 is 5.32 Å². The molecule has 0 aliphatic carbocycles. The Morgan fingerprint density at radius 1 is 1.21 bits per heavy atom. The van der Waals surface area contributed by atoms with Crippen LogP contribution in [-0.4, -0.2) is 14.8 Å². The molecule has 0 spiro atoms. The fourth-order valence-electron chi connectivity index (χ4n) is 2.76. The van der Waals surface area contributed by atoms with E-state index in [-0.39, 0.29) is 5.82 Å². The van der Waals surface area contributed by atoms with Crippen LogP contribution in [0, 0.1) is 5.82 Å². The first-order valence-corrected chi connectivity index (χ1v) is 8.39. The van der Waals surface area contributed by atoms with E-state index in [1.807, 2.05) is 30.3 Å². The maximum Gasteiger partial charge on any atom is 0.226 e. The van der Waals surface area contributed by atoms with Crippen LogP contribution in [0.1, 0.15) is 17.2 Å². The molecule has 1 aromatic heterocycles. The molecule has 0 amide bonds. The largest absolute Gasteiger partial charge is 0.324 e. The Morgan fingerprint density at radius 3 is 2.83 bits per heavy atom. The lowest BCUT2D eigenvalue weighted by Crippen LogP contribution is -2.21. The molecule has 1 aliphatic heterocycles. The second kappa shape index (κ2) is 6.03. The molecule has 7 heteroatoms. The molecule has 1 aliphatic rings. The summed E-state index contributed by atoms with van der Waals surface area (Å²) in [6.45, 7) is 0. The highest BCUT2D eigenvalue weighted by atomic mass is 79.9. The third-order valence-electron chi connectivity index (χ3n) is 3.84. The van der Waals surface area contributed by atoms with Crippen LogP contribution in [-0.2, 0) is 0 Å². The van der Waals surface area contributed by atoms with Crippen molar-refractivity contribution >= 4 is 39.2 Å². The average molecular weight is 406 g/mol. The number of hydrogen-bond acceptors (Lipinski definition) is 3. The predicted molar refractivity (Wildman–Crippen MR) is 95.3 cm³/mol. The van der Waals surface area contributed by atoms with Gasteiger partial charge in [0.25, 0.3) is 0 Å². The Labute approximate surface area is 151 Å². The van der Waals surface area contributed by atoms with E-state index >= 15 is 0 Å². The van der Waals surface area contributed by atoms with E-state index in [1.165, 1.54) is 12.4 Å². The maximum absolute atomic E-state index is 14.4. The van der Waals surface area contributed by atoms with E-state index in [1.54, 1.807) is 16.8 Å². The second-order valence-corrected chi connectivity index (χ2v) is 6.65. The van der Waals surface area contributed by atoms with Gasteiger partial charge in [0.05, 0.1) is 0 Å². The number of fused-ring (bicyclic) bond motifs is 1. The van der Waals surface area contributed by atoms with Crippen molar-refractivity contribution in [3.05, 3.63) is 81.3 Å². The van der Waals surface area contributed by atoms with Crippen LogP contribution in [0.2, 0.25) is 5.02 Å². The molecular formula is C17H11BrClFN4. The zero-order chi connectivity index (χ0) is 16.7. The van der Waals surface area contributed by atoms with Crippen LogP contribution in [0.4, 0.5) is 10.3 Å². The van der Waals surface area contributed by atoms with Crippen molar-refractivity contribution in [2.75, 3.05) is 5.32 Å². The molecule has 0 fully saturated rings. The standard InChI is InChI=1S/C17H11BrClFN4/c18-11-4-1-3-10(7-11)14-8-15(24-17(23-14)21-9-22-24)16-12(19)5-2-6-13(16)20/h1-9,15H,(H,21,22,23)/t15-/m0/s1. The van der Waals surface area contributed by atoms with Crippen molar-refractivity contribution in [3.8, 4) is 0 Å². The van der Waals surface area contributed by atoms with Crippen LogP contribution in [0.3, 0.4) is 0 Å². The monoisotopic (exact) mass is 404 g/mol. The topological polar surface area (TPSA) is 42.7 Å². The summed E-state index contributed by atoms with van der Waals surface area (Å²) in [6, 6.07) is 12.0. The number of halogens is 3.